The van der Waals surface area contributed by atoms with Gasteiger partial charge in [-0.3, -0.25) is 0 Å². The molecule has 0 spiro atoms. The zero-order valence-electron chi connectivity index (χ0n) is 7.44. The first-order chi connectivity index (χ1) is 6.81. The van der Waals surface area contributed by atoms with Gasteiger partial charge < -0.3 is 5.11 Å². The van der Waals surface area contributed by atoms with Crippen molar-refractivity contribution in [2.45, 2.75) is 0 Å². The monoisotopic (exact) mass is 188 g/mol. The van der Waals surface area contributed by atoms with E-state index in [0.717, 1.165) is 10.8 Å². The standard InChI is InChI=1S/C12H9FO/c13-8-12(14)11-6-5-9-3-1-2-4-10(9)7-11/h1-8,14H. The molecule has 0 fully saturated rings. The molecule has 1 nitrogen and oxygen atoms in total. The molecule has 2 rings (SSSR count). The molecule has 0 aromatic heterocycles. The van der Waals surface area contributed by atoms with Crippen LogP contribution in [0.2, 0.25) is 0 Å². The molecule has 0 aliphatic rings. The Morgan fingerprint density at radius 2 is 1.79 bits per heavy atom. The van der Waals surface area contributed by atoms with Crippen LogP contribution < -0.4 is 0 Å². The minimum absolute atomic E-state index is 0.199. The Hall–Kier alpha value is -1.83. The number of fused-ring (bicyclic) bond motifs is 1. The Morgan fingerprint density at radius 3 is 2.50 bits per heavy atom. The summed E-state index contributed by atoms with van der Waals surface area (Å²) < 4.78 is 12.1. The molecule has 0 unspecified atom stereocenters. The van der Waals surface area contributed by atoms with Gasteiger partial charge in [0, 0.05) is 5.56 Å². The molecule has 0 saturated carbocycles. The van der Waals surface area contributed by atoms with Crippen LogP contribution in [0.15, 0.2) is 48.8 Å². The fraction of sp³-hybridized carbons (Fsp3) is 0. The van der Waals surface area contributed by atoms with E-state index < -0.39 is 0 Å². The van der Waals surface area contributed by atoms with Crippen molar-refractivity contribution in [2.75, 3.05) is 0 Å². The van der Waals surface area contributed by atoms with Gasteiger partial charge in [0.2, 0.25) is 0 Å². The Morgan fingerprint density at radius 1 is 1.07 bits per heavy atom. The lowest BCUT2D eigenvalue weighted by Gasteiger charge is -2.01. The third-order valence-corrected chi connectivity index (χ3v) is 2.15. The summed E-state index contributed by atoms with van der Waals surface area (Å²) in [6, 6.07) is 13.0. The van der Waals surface area contributed by atoms with Crippen molar-refractivity contribution >= 4 is 16.5 Å². The van der Waals surface area contributed by atoms with Gasteiger partial charge in [0.15, 0.2) is 5.76 Å². The molecule has 0 amide bonds. The van der Waals surface area contributed by atoms with Crippen LogP contribution in [0.1, 0.15) is 5.56 Å². The predicted molar refractivity (Wildman–Crippen MR) is 55.7 cm³/mol. The van der Waals surface area contributed by atoms with E-state index in [1.54, 1.807) is 12.1 Å². The summed E-state index contributed by atoms with van der Waals surface area (Å²) in [6.45, 7) is 0. The Balaban J connectivity index is 2.62. The lowest BCUT2D eigenvalue weighted by Crippen LogP contribution is -1.81. The van der Waals surface area contributed by atoms with Crippen LogP contribution in [0.5, 0.6) is 0 Å². The van der Waals surface area contributed by atoms with Crippen molar-refractivity contribution < 1.29 is 9.50 Å². The van der Waals surface area contributed by atoms with E-state index in [2.05, 4.69) is 0 Å². The molecule has 0 aliphatic heterocycles. The molecular weight excluding hydrogens is 179 g/mol. The second-order valence-corrected chi connectivity index (χ2v) is 3.06. The fourth-order valence-corrected chi connectivity index (χ4v) is 1.41. The third-order valence-electron chi connectivity index (χ3n) is 2.15. The van der Waals surface area contributed by atoms with Crippen molar-refractivity contribution in [1.82, 2.24) is 0 Å². The number of halogens is 1. The average molecular weight is 188 g/mol. The lowest BCUT2D eigenvalue weighted by molar-refractivity contribution is 0.496. The Bertz CT molecular complexity index is 488. The molecule has 0 bridgehead atoms. The zero-order valence-corrected chi connectivity index (χ0v) is 7.44. The van der Waals surface area contributed by atoms with Crippen LogP contribution in [0.25, 0.3) is 16.5 Å². The molecule has 1 N–H and O–H groups in total. The summed E-state index contributed by atoms with van der Waals surface area (Å²) in [6.07, 6.45) is 0.199. The largest absolute Gasteiger partial charge is 0.505 e. The van der Waals surface area contributed by atoms with E-state index in [-0.39, 0.29) is 12.1 Å². The van der Waals surface area contributed by atoms with Crippen LogP contribution in [-0.2, 0) is 0 Å². The summed E-state index contributed by atoms with van der Waals surface area (Å²) >= 11 is 0. The smallest absolute Gasteiger partial charge is 0.150 e. The first kappa shape index (κ1) is 8.75. The molecule has 2 aromatic carbocycles. The molecule has 0 atom stereocenters. The van der Waals surface area contributed by atoms with Crippen molar-refractivity contribution in [3.05, 3.63) is 54.4 Å². The maximum Gasteiger partial charge on any atom is 0.150 e. The van der Waals surface area contributed by atoms with Crippen molar-refractivity contribution in [3.63, 3.8) is 0 Å². The highest BCUT2D eigenvalue weighted by Crippen LogP contribution is 2.19. The van der Waals surface area contributed by atoms with Gasteiger partial charge >= 0.3 is 0 Å². The molecule has 14 heavy (non-hydrogen) atoms. The third kappa shape index (κ3) is 1.46. The molecule has 0 heterocycles. The van der Waals surface area contributed by atoms with Crippen LogP contribution in [0.3, 0.4) is 0 Å². The molecule has 0 aliphatic carbocycles. The first-order valence-electron chi connectivity index (χ1n) is 4.30. The van der Waals surface area contributed by atoms with E-state index in [0.29, 0.717) is 5.56 Å². The predicted octanol–water partition coefficient (Wildman–Crippen LogP) is 3.67. The second-order valence-electron chi connectivity index (χ2n) is 3.06. The van der Waals surface area contributed by atoms with Crippen molar-refractivity contribution in [1.29, 1.82) is 0 Å². The number of hydrogen-bond acceptors (Lipinski definition) is 1. The Kier molecular flexibility index (Phi) is 2.19. The van der Waals surface area contributed by atoms with E-state index >= 15 is 0 Å². The topological polar surface area (TPSA) is 20.2 Å². The summed E-state index contributed by atoms with van der Waals surface area (Å²) in [7, 11) is 0. The lowest BCUT2D eigenvalue weighted by atomic mass is 10.1. The Labute approximate surface area is 81.1 Å². The second kappa shape index (κ2) is 3.50. The quantitative estimate of drug-likeness (QED) is 0.677. The molecule has 2 aromatic rings. The molecular formula is C12H9FO. The van der Waals surface area contributed by atoms with Gasteiger partial charge in [0.1, 0.15) is 6.33 Å². The number of aliphatic hydroxyl groups excluding tert-OH is 1. The van der Waals surface area contributed by atoms with Gasteiger partial charge in [-0.15, -0.1) is 0 Å². The summed E-state index contributed by atoms with van der Waals surface area (Å²) in [5.74, 6) is -0.337. The summed E-state index contributed by atoms with van der Waals surface area (Å²) in [4.78, 5) is 0. The highest BCUT2D eigenvalue weighted by molar-refractivity contribution is 5.85. The number of benzene rings is 2. The summed E-state index contributed by atoms with van der Waals surface area (Å²) in [5, 5.41) is 11.2. The van der Waals surface area contributed by atoms with Crippen LogP contribution in [0, 0.1) is 0 Å². The van der Waals surface area contributed by atoms with Crippen molar-refractivity contribution in [3.8, 4) is 0 Å². The van der Waals surface area contributed by atoms with Gasteiger partial charge in [-0.1, -0.05) is 36.4 Å². The van der Waals surface area contributed by atoms with Gasteiger partial charge in [-0.25, -0.2) is 4.39 Å². The van der Waals surface area contributed by atoms with Crippen LogP contribution >= 0.6 is 0 Å². The highest BCUT2D eigenvalue weighted by Gasteiger charge is 1.99. The van der Waals surface area contributed by atoms with Gasteiger partial charge in [-0.2, -0.15) is 0 Å². The van der Waals surface area contributed by atoms with E-state index in [9.17, 15) is 9.50 Å². The van der Waals surface area contributed by atoms with E-state index in [4.69, 9.17) is 0 Å². The molecule has 70 valence electrons. The summed E-state index contributed by atoms with van der Waals surface area (Å²) in [5.41, 5.74) is 0.492. The first-order valence-corrected chi connectivity index (χ1v) is 4.30. The van der Waals surface area contributed by atoms with Crippen molar-refractivity contribution in [2.24, 2.45) is 0 Å². The average Bonchev–Trinajstić information content (AvgIpc) is 2.27. The van der Waals surface area contributed by atoms with Gasteiger partial charge in [0.05, 0.1) is 0 Å². The molecule has 0 radical (unpaired) electrons. The highest BCUT2D eigenvalue weighted by atomic mass is 19.1. The maximum absolute atomic E-state index is 12.1. The molecule has 2 heteroatoms. The minimum Gasteiger partial charge on any atom is -0.505 e. The minimum atomic E-state index is -0.337. The zero-order chi connectivity index (χ0) is 9.97. The normalized spacial score (nSPS) is 11.9. The fourth-order valence-electron chi connectivity index (χ4n) is 1.41. The number of rotatable bonds is 1. The van der Waals surface area contributed by atoms with E-state index in [1.165, 1.54) is 0 Å². The van der Waals surface area contributed by atoms with Gasteiger partial charge in [0.25, 0.3) is 0 Å². The molecule has 0 saturated heterocycles. The SMILES string of the molecule is OC(=CF)c1ccc2ccccc2c1. The van der Waals surface area contributed by atoms with E-state index in [1.807, 2.05) is 30.3 Å². The van der Waals surface area contributed by atoms with Crippen LogP contribution in [-0.4, -0.2) is 5.11 Å². The number of aliphatic hydroxyl groups is 1. The van der Waals surface area contributed by atoms with Crippen LogP contribution in [0.4, 0.5) is 4.39 Å². The maximum atomic E-state index is 12.1. The number of hydrogen-bond donors (Lipinski definition) is 1. The van der Waals surface area contributed by atoms with Gasteiger partial charge in [-0.05, 0) is 16.8 Å².